The van der Waals surface area contributed by atoms with Crippen LogP contribution in [0, 0.1) is 11.3 Å². The van der Waals surface area contributed by atoms with Gasteiger partial charge in [-0.2, -0.15) is 0 Å². The van der Waals surface area contributed by atoms with Crippen LogP contribution in [0.4, 0.5) is 0 Å². The Bertz CT molecular complexity index is 290. The minimum Gasteiger partial charge on any atom is -0.353 e. The fourth-order valence-electron chi connectivity index (χ4n) is 2.57. The van der Waals surface area contributed by atoms with Crippen molar-refractivity contribution in [2.24, 2.45) is 17.1 Å². The maximum absolute atomic E-state index is 12.1. The molecule has 4 nitrogen and oxygen atoms in total. The number of hydrogen-bond acceptors (Lipinski definition) is 3. The van der Waals surface area contributed by atoms with Crippen LogP contribution < -0.4 is 11.1 Å². The zero-order chi connectivity index (χ0) is 14.6. The second-order valence-corrected chi connectivity index (χ2v) is 7.14. The van der Waals surface area contributed by atoms with Gasteiger partial charge in [0.1, 0.15) is 0 Å². The molecule has 112 valence electrons. The molecule has 1 aliphatic rings. The number of nitrogens with zero attached hydrogens (tertiary/aromatic N) is 1. The Balaban J connectivity index is 2.50. The SMILES string of the molecule is CC(C)C(CNC(=O)[C@H](N)C(C)(C)C)N1CCCC1. The highest BCUT2D eigenvalue weighted by Crippen LogP contribution is 2.19. The van der Waals surface area contributed by atoms with Gasteiger partial charge in [0.05, 0.1) is 6.04 Å². The van der Waals surface area contributed by atoms with E-state index in [2.05, 4.69) is 24.1 Å². The zero-order valence-corrected chi connectivity index (χ0v) is 13.2. The van der Waals surface area contributed by atoms with Crippen molar-refractivity contribution in [2.45, 2.75) is 59.5 Å². The first-order valence-electron chi connectivity index (χ1n) is 7.51. The molecule has 1 amide bonds. The molecule has 1 unspecified atom stereocenters. The van der Waals surface area contributed by atoms with Crippen LogP contribution >= 0.6 is 0 Å². The molecular formula is C15H31N3O. The van der Waals surface area contributed by atoms with Crippen LogP contribution in [0.5, 0.6) is 0 Å². The third kappa shape index (κ3) is 4.77. The molecular weight excluding hydrogens is 238 g/mol. The van der Waals surface area contributed by atoms with Crippen LogP contribution in [0.3, 0.4) is 0 Å². The van der Waals surface area contributed by atoms with Crippen LogP contribution in [-0.4, -0.2) is 42.5 Å². The van der Waals surface area contributed by atoms with Crippen molar-refractivity contribution in [3.05, 3.63) is 0 Å². The second-order valence-electron chi connectivity index (χ2n) is 7.14. The third-order valence-corrected chi connectivity index (χ3v) is 4.08. The minimum absolute atomic E-state index is 0.0302. The molecule has 4 heteroatoms. The molecule has 0 aromatic rings. The lowest BCUT2D eigenvalue weighted by molar-refractivity contribution is -0.124. The van der Waals surface area contributed by atoms with E-state index in [4.69, 9.17) is 5.73 Å². The van der Waals surface area contributed by atoms with Gasteiger partial charge in [-0.25, -0.2) is 0 Å². The molecule has 0 aromatic heterocycles. The largest absolute Gasteiger partial charge is 0.353 e. The van der Waals surface area contributed by atoms with Gasteiger partial charge >= 0.3 is 0 Å². The molecule has 1 heterocycles. The Morgan fingerprint density at radius 1 is 1.26 bits per heavy atom. The first-order chi connectivity index (χ1) is 8.73. The molecule has 0 bridgehead atoms. The number of likely N-dealkylation sites (tertiary alicyclic amines) is 1. The molecule has 0 radical (unpaired) electrons. The monoisotopic (exact) mass is 269 g/mol. The molecule has 1 aliphatic heterocycles. The first kappa shape index (κ1) is 16.4. The molecule has 1 rings (SSSR count). The number of nitrogens with one attached hydrogen (secondary N) is 1. The van der Waals surface area contributed by atoms with Crippen LogP contribution in [0.25, 0.3) is 0 Å². The van der Waals surface area contributed by atoms with E-state index >= 15 is 0 Å². The van der Waals surface area contributed by atoms with Crippen molar-refractivity contribution >= 4 is 5.91 Å². The van der Waals surface area contributed by atoms with Gasteiger partial charge < -0.3 is 11.1 Å². The van der Waals surface area contributed by atoms with Gasteiger partial charge in [0.2, 0.25) is 5.91 Å². The van der Waals surface area contributed by atoms with Gasteiger partial charge in [-0.1, -0.05) is 34.6 Å². The third-order valence-electron chi connectivity index (χ3n) is 4.08. The molecule has 2 atom stereocenters. The van der Waals surface area contributed by atoms with Crippen molar-refractivity contribution in [3.63, 3.8) is 0 Å². The van der Waals surface area contributed by atoms with E-state index in [-0.39, 0.29) is 11.3 Å². The Morgan fingerprint density at radius 3 is 2.21 bits per heavy atom. The van der Waals surface area contributed by atoms with E-state index in [0.717, 1.165) is 13.1 Å². The van der Waals surface area contributed by atoms with Crippen LogP contribution in [0.1, 0.15) is 47.5 Å². The van der Waals surface area contributed by atoms with Crippen molar-refractivity contribution < 1.29 is 4.79 Å². The quantitative estimate of drug-likeness (QED) is 0.797. The number of nitrogens with two attached hydrogens (primary N) is 1. The molecule has 0 aromatic carbocycles. The average molecular weight is 269 g/mol. The Morgan fingerprint density at radius 2 is 1.79 bits per heavy atom. The van der Waals surface area contributed by atoms with Crippen LogP contribution in [0.15, 0.2) is 0 Å². The van der Waals surface area contributed by atoms with Gasteiger partial charge in [0, 0.05) is 12.6 Å². The fourth-order valence-corrected chi connectivity index (χ4v) is 2.57. The normalized spacial score (nSPS) is 20.6. The zero-order valence-electron chi connectivity index (χ0n) is 13.2. The molecule has 0 aliphatic carbocycles. The summed E-state index contributed by atoms with van der Waals surface area (Å²) in [5, 5.41) is 3.04. The summed E-state index contributed by atoms with van der Waals surface area (Å²) in [4.78, 5) is 14.6. The summed E-state index contributed by atoms with van der Waals surface area (Å²) in [6.07, 6.45) is 2.55. The number of carbonyl (C=O) groups is 1. The summed E-state index contributed by atoms with van der Waals surface area (Å²) in [6.45, 7) is 13.5. The van der Waals surface area contributed by atoms with E-state index in [1.807, 2.05) is 20.8 Å². The van der Waals surface area contributed by atoms with Crippen LogP contribution in [-0.2, 0) is 4.79 Å². The number of hydrogen-bond donors (Lipinski definition) is 2. The summed E-state index contributed by atoms with van der Waals surface area (Å²) in [6, 6.07) is -0.0162. The minimum atomic E-state index is -0.445. The predicted molar refractivity (Wildman–Crippen MR) is 79.9 cm³/mol. The van der Waals surface area contributed by atoms with E-state index in [0.29, 0.717) is 18.5 Å². The van der Waals surface area contributed by atoms with Gasteiger partial charge in [-0.05, 0) is 37.3 Å². The predicted octanol–water partition coefficient (Wildman–Crippen LogP) is 1.60. The van der Waals surface area contributed by atoms with E-state index in [1.165, 1.54) is 12.8 Å². The van der Waals surface area contributed by atoms with Gasteiger partial charge in [-0.15, -0.1) is 0 Å². The molecule has 0 spiro atoms. The highest BCUT2D eigenvalue weighted by Gasteiger charge is 2.29. The van der Waals surface area contributed by atoms with Crippen LogP contribution in [0.2, 0.25) is 0 Å². The van der Waals surface area contributed by atoms with Crippen molar-refractivity contribution in [1.82, 2.24) is 10.2 Å². The molecule has 0 saturated carbocycles. The van der Waals surface area contributed by atoms with Crippen molar-refractivity contribution in [1.29, 1.82) is 0 Å². The van der Waals surface area contributed by atoms with Gasteiger partial charge in [0.15, 0.2) is 0 Å². The summed E-state index contributed by atoms with van der Waals surface area (Å²) >= 11 is 0. The molecule has 19 heavy (non-hydrogen) atoms. The summed E-state index contributed by atoms with van der Waals surface area (Å²) in [7, 11) is 0. The number of carbonyl (C=O) groups excluding carboxylic acids is 1. The lowest BCUT2D eigenvalue weighted by Gasteiger charge is -2.32. The standard InChI is InChI=1S/C15H31N3O/c1-11(2)12(18-8-6-7-9-18)10-17-14(19)13(16)15(3,4)5/h11-13H,6-10,16H2,1-5H3,(H,17,19)/t12?,13-/m0/s1. The Hall–Kier alpha value is -0.610. The summed E-state index contributed by atoms with van der Waals surface area (Å²) in [5.41, 5.74) is 5.79. The summed E-state index contributed by atoms with van der Waals surface area (Å²) in [5.74, 6) is 0.515. The van der Waals surface area contributed by atoms with E-state index < -0.39 is 6.04 Å². The fraction of sp³-hybridized carbons (Fsp3) is 0.933. The molecule has 1 fully saturated rings. The average Bonchev–Trinajstić information content (AvgIpc) is 2.79. The van der Waals surface area contributed by atoms with E-state index in [9.17, 15) is 4.79 Å². The molecule has 3 N–H and O–H groups in total. The smallest absolute Gasteiger partial charge is 0.237 e. The van der Waals surface area contributed by atoms with Gasteiger partial charge in [0.25, 0.3) is 0 Å². The highest BCUT2D eigenvalue weighted by molar-refractivity contribution is 5.82. The maximum atomic E-state index is 12.1. The van der Waals surface area contributed by atoms with Crippen molar-refractivity contribution in [2.75, 3.05) is 19.6 Å². The topological polar surface area (TPSA) is 58.4 Å². The lowest BCUT2D eigenvalue weighted by atomic mass is 9.87. The van der Waals surface area contributed by atoms with Crippen molar-refractivity contribution in [3.8, 4) is 0 Å². The Kier molecular flexibility index (Phi) is 5.81. The Labute approximate surface area is 118 Å². The van der Waals surface area contributed by atoms with E-state index in [1.54, 1.807) is 0 Å². The highest BCUT2D eigenvalue weighted by atomic mass is 16.2. The van der Waals surface area contributed by atoms with Gasteiger partial charge in [-0.3, -0.25) is 9.69 Å². The summed E-state index contributed by atoms with van der Waals surface area (Å²) < 4.78 is 0. The lowest BCUT2D eigenvalue weighted by Crippen LogP contribution is -2.52. The number of rotatable bonds is 5. The molecule has 1 saturated heterocycles. The second kappa shape index (κ2) is 6.71. The number of amides is 1. The first-order valence-corrected chi connectivity index (χ1v) is 7.51. The maximum Gasteiger partial charge on any atom is 0.237 e.